The zero-order valence-electron chi connectivity index (χ0n) is 14.6. The fourth-order valence-corrected chi connectivity index (χ4v) is 4.06. The number of likely N-dealkylation sites (tertiary alicyclic amines) is 2. The van der Waals surface area contributed by atoms with Crippen molar-refractivity contribution in [2.24, 2.45) is 0 Å². The van der Waals surface area contributed by atoms with Gasteiger partial charge in [-0.1, -0.05) is 5.16 Å². The molecule has 1 aromatic heterocycles. The Labute approximate surface area is 141 Å². The number of nitrogens with zero attached hydrogens (tertiary/aromatic N) is 3. The second-order valence-electron chi connectivity index (χ2n) is 6.68. The molecule has 7 heteroatoms. The summed E-state index contributed by atoms with van der Waals surface area (Å²) in [4.78, 5) is 29.9. The van der Waals surface area contributed by atoms with Crippen LogP contribution in [0.25, 0.3) is 0 Å². The highest BCUT2D eigenvalue weighted by Gasteiger charge is 2.53. The molecule has 7 nitrogen and oxygen atoms in total. The first-order valence-corrected chi connectivity index (χ1v) is 8.54. The van der Waals surface area contributed by atoms with Crippen molar-refractivity contribution in [1.82, 2.24) is 15.0 Å². The summed E-state index contributed by atoms with van der Waals surface area (Å²) in [6.45, 7) is 5.93. The number of ether oxygens (including phenoxy) is 1. The predicted octanol–water partition coefficient (Wildman–Crippen LogP) is 1.54. The molecule has 0 aliphatic carbocycles. The van der Waals surface area contributed by atoms with E-state index in [2.05, 4.69) is 5.16 Å². The predicted molar refractivity (Wildman–Crippen MR) is 86.7 cm³/mol. The third-order valence-electron chi connectivity index (χ3n) is 5.25. The molecule has 0 radical (unpaired) electrons. The molecule has 3 rings (SSSR count). The second kappa shape index (κ2) is 6.55. The van der Waals surface area contributed by atoms with E-state index in [9.17, 15) is 9.59 Å². The Morgan fingerprint density at radius 1 is 1.29 bits per heavy atom. The number of hydrogen-bond acceptors (Lipinski definition) is 5. The summed E-state index contributed by atoms with van der Waals surface area (Å²) in [7, 11) is 1.63. The van der Waals surface area contributed by atoms with Gasteiger partial charge in [0.05, 0.1) is 12.3 Å². The lowest BCUT2D eigenvalue weighted by Crippen LogP contribution is -2.61. The standard InChI is InChI=1S/C17H25N3O4/c1-12-14(13(2)24-18-12)15(21)20-9-5-7-17(20)6-4-8-19(16(17)22)10-11-23-3/h4-11H2,1-3H3. The van der Waals surface area contributed by atoms with E-state index in [1.54, 1.807) is 25.9 Å². The number of aryl methyl sites for hydroxylation is 2. The highest BCUT2D eigenvalue weighted by Crippen LogP contribution is 2.39. The maximum Gasteiger partial charge on any atom is 0.260 e. The largest absolute Gasteiger partial charge is 0.383 e. The van der Waals surface area contributed by atoms with E-state index >= 15 is 0 Å². The fraction of sp³-hybridized carbons (Fsp3) is 0.706. The first kappa shape index (κ1) is 17.0. The van der Waals surface area contributed by atoms with E-state index in [4.69, 9.17) is 9.26 Å². The van der Waals surface area contributed by atoms with Crippen molar-refractivity contribution >= 4 is 11.8 Å². The second-order valence-corrected chi connectivity index (χ2v) is 6.68. The van der Waals surface area contributed by atoms with Crippen molar-refractivity contribution in [2.45, 2.75) is 45.1 Å². The Bertz CT molecular complexity index is 622. The van der Waals surface area contributed by atoms with E-state index in [1.165, 1.54) is 0 Å². The third-order valence-corrected chi connectivity index (χ3v) is 5.25. The first-order valence-electron chi connectivity index (χ1n) is 8.54. The van der Waals surface area contributed by atoms with Crippen LogP contribution in [0.2, 0.25) is 0 Å². The third kappa shape index (κ3) is 2.60. The smallest absolute Gasteiger partial charge is 0.260 e. The van der Waals surface area contributed by atoms with Gasteiger partial charge in [-0.25, -0.2) is 0 Å². The molecule has 1 unspecified atom stereocenters. The van der Waals surface area contributed by atoms with E-state index in [1.807, 2.05) is 4.90 Å². The van der Waals surface area contributed by atoms with Gasteiger partial charge in [-0.15, -0.1) is 0 Å². The molecule has 0 aromatic carbocycles. The number of carbonyl (C=O) groups excluding carboxylic acids is 2. The molecule has 0 bridgehead atoms. The molecule has 132 valence electrons. The van der Waals surface area contributed by atoms with Gasteiger partial charge in [-0.05, 0) is 39.5 Å². The highest BCUT2D eigenvalue weighted by molar-refractivity contribution is 6.01. The van der Waals surface area contributed by atoms with Crippen LogP contribution in [0.5, 0.6) is 0 Å². The van der Waals surface area contributed by atoms with Crippen molar-refractivity contribution < 1.29 is 18.8 Å². The summed E-state index contributed by atoms with van der Waals surface area (Å²) in [5, 5.41) is 3.88. The van der Waals surface area contributed by atoms with Crippen molar-refractivity contribution in [3.05, 3.63) is 17.0 Å². The summed E-state index contributed by atoms with van der Waals surface area (Å²) in [6, 6.07) is 0. The molecule has 0 saturated carbocycles. The maximum atomic E-state index is 13.1. The van der Waals surface area contributed by atoms with E-state index in [0.29, 0.717) is 36.7 Å². The fourth-order valence-electron chi connectivity index (χ4n) is 4.06. The molecule has 1 spiro atoms. The molecule has 1 aromatic rings. The molecule has 2 aliphatic rings. The normalized spacial score (nSPS) is 24.2. The van der Waals surface area contributed by atoms with Gasteiger partial charge in [0.25, 0.3) is 5.91 Å². The quantitative estimate of drug-likeness (QED) is 0.834. The van der Waals surface area contributed by atoms with Crippen LogP contribution in [0.15, 0.2) is 4.52 Å². The van der Waals surface area contributed by atoms with Gasteiger partial charge < -0.3 is 19.1 Å². The molecule has 0 N–H and O–H groups in total. The van der Waals surface area contributed by atoms with Crippen LogP contribution in [0.1, 0.15) is 47.5 Å². The number of methoxy groups -OCH3 is 1. The Kier molecular flexibility index (Phi) is 4.62. The minimum absolute atomic E-state index is 0.0587. The average Bonchev–Trinajstić information content (AvgIpc) is 3.13. The van der Waals surface area contributed by atoms with Crippen molar-refractivity contribution in [3.63, 3.8) is 0 Å². The number of amides is 2. The molecule has 2 aliphatic heterocycles. The molecule has 2 amide bonds. The van der Waals surface area contributed by atoms with Crippen LogP contribution in [-0.4, -0.2) is 65.7 Å². The zero-order valence-corrected chi connectivity index (χ0v) is 14.6. The Hall–Kier alpha value is -1.89. The van der Waals surface area contributed by atoms with Crippen LogP contribution in [-0.2, 0) is 9.53 Å². The monoisotopic (exact) mass is 335 g/mol. The van der Waals surface area contributed by atoms with E-state index in [0.717, 1.165) is 32.2 Å². The van der Waals surface area contributed by atoms with Gasteiger partial charge in [0.1, 0.15) is 16.9 Å². The number of carbonyl (C=O) groups is 2. The van der Waals surface area contributed by atoms with Gasteiger partial charge >= 0.3 is 0 Å². The Balaban J connectivity index is 1.89. The Morgan fingerprint density at radius 3 is 2.62 bits per heavy atom. The van der Waals surface area contributed by atoms with Crippen LogP contribution in [0, 0.1) is 13.8 Å². The zero-order chi connectivity index (χ0) is 17.3. The first-order chi connectivity index (χ1) is 11.5. The van der Waals surface area contributed by atoms with Crippen LogP contribution >= 0.6 is 0 Å². The number of rotatable bonds is 4. The number of aromatic nitrogens is 1. The maximum absolute atomic E-state index is 13.1. The minimum atomic E-state index is -0.709. The number of hydrogen-bond donors (Lipinski definition) is 0. The summed E-state index contributed by atoms with van der Waals surface area (Å²) < 4.78 is 10.3. The molecule has 2 saturated heterocycles. The van der Waals surface area contributed by atoms with Crippen LogP contribution in [0.3, 0.4) is 0 Å². The Morgan fingerprint density at radius 2 is 2.00 bits per heavy atom. The topological polar surface area (TPSA) is 75.9 Å². The van der Waals surface area contributed by atoms with E-state index < -0.39 is 5.54 Å². The lowest BCUT2D eigenvalue weighted by molar-refractivity contribution is -0.146. The van der Waals surface area contributed by atoms with Crippen LogP contribution < -0.4 is 0 Å². The molecule has 1 atom stereocenters. The molecular weight excluding hydrogens is 310 g/mol. The lowest BCUT2D eigenvalue weighted by atomic mass is 9.85. The van der Waals surface area contributed by atoms with Crippen molar-refractivity contribution in [2.75, 3.05) is 33.4 Å². The lowest BCUT2D eigenvalue weighted by Gasteiger charge is -2.44. The summed E-state index contributed by atoms with van der Waals surface area (Å²) >= 11 is 0. The molecular formula is C17H25N3O4. The minimum Gasteiger partial charge on any atom is -0.383 e. The summed E-state index contributed by atoms with van der Waals surface area (Å²) in [5.74, 6) is 0.438. The van der Waals surface area contributed by atoms with Gasteiger partial charge in [-0.2, -0.15) is 0 Å². The molecule has 2 fully saturated rings. The SMILES string of the molecule is COCCN1CCCC2(CCCN2C(=O)c2c(C)noc2C)C1=O. The van der Waals surface area contributed by atoms with Gasteiger partial charge in [0.15, 0.2) is 0 Å². The van der Waals surface area contributed by atoms with E-state index in [-0.39, 0.29) is 11.8 Å². The average molecular weight is 335 g/mol. The van der Waals surface area contributed by atoms with Gasteiger partial charge in [-0.3, -0.25) is 9.59 Å². The van der Waals surface area contributed by atoms with Crippen molar-refractivity contribution in [3.8, 4) is 0 Å². The number of piperidine rings is 1. The van der Waals surface area contributed by atoms with Gasteiger partial charge in [0, 0.05) is 26.7 Å². The molecule has 3 heterocycles. The summed E-state index contributed by atoms with van der Waals surface area (Å²) in [5.41, 5.74) is 0.372. The molecule has 24 heavy (non-hydrogen) atoms. The van der Waals surface area contributed by atoms with Crippen LogP contribution in [0.4, 0.5) is 0 Å². The highest BCUT2D eigenvalue weighted by atomic mass is 16.5. The van der Waals surface area contributed by atoms with Crippen molar-refractivity contribution in [1.29, 1.82) is 0 Å². The van der Waals surface area contributed by atoms with Gasteiger partial charge in [0.2, 0.25) is 5.91 Å². The summed E-state index contributed by atoms with van der Waals surface area (Å²) in [6.07, 6.45) is 3.20.